The van der Waals surface area contributed by atoms with Crippen LogP contribution in [0.4, 0.5) is 10.1 Å². The van der Waals surface area contributed by atoms with Gasteiger partial charge in [0.05, 0.1) is 0 Å². The van der Waals surface area contributed by atoms with Gasteiger partial charge in [-0.3, -0.25) is 0 Å². The van der Waals surface area contributed by atoms with Gasteiger partial charge in [-0.2, -0.15) is 0 Å². The molecule has 108 valence electrons. The zero-order valence-corrected chi connectivity index (χ0v) is 13.5. The molecule has 21 heavy (non-hydrogen) atoms. The topological polar surface area (TPSA) is 48.1 Å². The molecule has 0 spiro atoms. The van der Waals surface area contributed by atoms with E-state index in [1.165, 1.54) is 6.07 Å². The molecule has 0 unspecified atom stereocenters. The van der Waals surface area contributed by atoms with Crippen molar-refractivity contribution in [1.29, 1.82) is 0 Å². The Morgan fingerprint density at radius 2 is 2.10 bits per heavy atom. The van der Waals surface area contributed by atoms with E-state index in [1.807, 2.05) is 32.0 Å². The van der Waals surface area contributed by atoms with Crippen molar-refractivity contribution >= 4 is 30.0 Å². The third kappa shape index (κ3) is 2.67. The molecule has 0 saturated carbocycles. The van der Waals surface area contributed by atoms with Crippen molar-refractivity contribution in [3.63, 3.8) is 0 Å². The van der Waals surface area contributed by atoms with Crippen LogP contribution in [0.1, 0.15) is 12.5 Å². The number of nitrogens with zero attached hydrogens (tertiary/aromatic N) is 1. The second-order valence-corrected chi connectivity index (χ2v) is 6.94. The molecule has 3 nitrogen and oxygen atoms in total. The monoisotopic (exact) mass is 350 g/mol. The van der Waals surface area contributed by atoms with Crippen molar-refractivity contribution in [3.8, 4) is 15.9 Å². The first-order valence-corrected chi connectivity index (χ1v) is 8.39. The SMILES string of the molecule is CCOc1cc2[se]c(-c3ccc(N)c(C)c3)nc2cc1F. The number of nitrogen functional groups attached to an aromatic ring is 1. The van der Waals surface area contributed by atoms with E-state index in [9.17, 15) is 4.39 Å². The van der Waals surface area contributed by atoms with Gasteiger partial charge in [0.25, 0.3) is 0 Å². The standard InChI is InChI=1S/C16H15FN2OSe/c1-3-20-14-8-15-13(7-11(14)17)19-16(21-15)10-4-5-12(18)9(2)6-10/h4-8H,3,18H2,1-2H3. The molecule has 1 heterocycles. The van der Waals surface area contributed by atoms with E-state index in [0.29, 0.717) is 17.9 Å². The summed E-state index contributed by atoms with van der Waals surface area (Å²) in [6.45, 7) is 4.27. The molecule has 5 heteroatoms. The molecule has 0 saturated heterocycles. The first-order chi connectivity index (χ1) is 10.1. The number of hydrogen-bond donors (Lipinski definition) is 1. The quantitative estimate of drug-likeness (QED) is 0.583. The molecule has 2 N–H and O–H groups in total. The fourth-order valence-corrected chi connectivity index (χ4v) is 4.17. The Labute approximate surface area is 128 Å². The molecule has 0 fully saturated rings. The number of benzene rings is 2. The molecule has 0 atom stereocenters. The molecule has 0 radical (unpaired) electrons. The Bertz CT molecular complexity index is 813. The van der Waals surface area contributed by atoms with E-state index < -0.39 is 0 Å². The van der Waals surface area contributed by atoms with Crippen LogP contribution in [0.25, 0.3) is 19.9 Å². The van der Waals surface area contributed by atoms with E-state index in [-0.39, 0.29) is 20.3 Å². The number of nitrogens with two attached hydrogens (primary N) is 1. The average molecular weight is 349 g/mol. The van der Waals surface area contributed by atoms with Gasteiger partial charge in [-0.1, -0.05) is 0 Å². The van der Waals surface area contributed by atoms with Gasteiger partial charge < -0.3 is 0 Å². The van der Waals surface area contributed by atoms with Crippen LogP contribution in [0.5, 0.6) is 5.75 Å². The van der Waals surface area contributed by atoms with Crippen molar-refractivity contribution in [3.05, 3.63) is 41.7 Å². The fraction of sp³-hybridized carbons (Fsp3) is 0.188. The van der Waals surface area contributed by atoms with Crippen molar-refractivity contribution in [2.45, 2.75) is 13.8 Å². The molecular formula is C16H15FN2OSe. The summed E-state index contributed by atoms with van der Waals surface area (Å²) in [5, 5.41) is 0. The Hall–Kier alpha value is -1.84. The molecule has 3 aromatic rings. The number of aryl methyl sites for hydroxylation is 1. The zero-order chi connectivity index (χ0) is 15.0. The van der Waals surface area contributed by atoms with Crippen molar-refractivity contribution in [1.82, 2.24) is 4.98 Å². The van der Waals surface area contributed by atoms with Crippen LogP contribution >= 0.6 is 0 Å². The number of halogens is 1. The molecular weight excluding hydrogens is 334 g/mol. The van der Waals surface area contributed by atoms with Crippen molar-refractivity contribution < 1.29 is 9.13 Å². The third-order valence-corrected chi connectivity index (χ3v) is 5.50. The summed E-state index contributed by atoms with van der Waals surface area (Å²) in [5.74, 6) is -0.0482. The van der Waals surface area contributed by atoms with Crippen LogP contribution in [-0.2, 0) is 0 Å². The van der Waals surface area contributed by atoms with Crippen molar-refractivity contribution in [2.24, 2.45) is 0 Å². The molecule has 0 aliphatic carbocycles. The van der Waals surface area contributed by atoms with E-state index in [0.717, 1.165) is 25.6 Å². The second kappa shape index (κ2) is 5.51. The van der Waals surface area contributed by atoms with Crippen LogP contribution in [-0.4, -0.2) is 26.1 Å². The molecule has 0 aliphatic rings. The predicted molar refractivity (Wildman–Crippen MR) is 84.4 cm³/mol. The summed E-state index contributed by atoms with van der Waals surface area (Å²) in [4.78, 5) is 4.56. The third-order valence-electron chi connectivity index (χ3n) is 3.26. The van der Waals surface area contributed by atoms with Crippen LogP contribution in [0.15, 0.2) is 30.3 Å². The van der Waals surface area contributed by atoms with Gasteiger partial charge in [0, 0.05) is 0 Å². The second-order valence-electron chi connectivity index (χ2n) is 4.77. The molecule has 2 aromatic carbocycles. The number of fused-ring (bicyclic) bond motifs is 1. The minimum atomic E-state index is -0.357. The van der Waals surface area contributed by atoms with Crippen LogP contribution in [0.3, 0.4) is 0 Å². The molecule has 0 bridgehead atoms. The number of rotatable bonds is 3. The Balaban J connectivity index is 2.10. The molecule has 0 amide bonds. The number of hydrogen-bond acceptors (Lipinski definition) is 3. The predicted octanol–water partition coefficient (Wildman–Crippen LogP) is 3.39. The van der Waals surface area contributed by atoms with E-state index >= 15 is 0 Å². The molecule has 0 aliphatic heterocycles. The van der Waals surface area contributed by atoms with E-state index in [1.54, 1.807) is 6.07 Å². The summed E-state index contributed by atoms with van der Waals surface area (Å²) in [7, 11) is 0. The summed E-state index contributed by atoms with van der Waals surface area (Å²) in [5.41, 5.74) is 9.41. The Kier molecular flexibility index (Phi) is 3.70. The van der Waals surface area contributed by atoms with E-state index in [4.69, 9.17) is 10.5 Å². The normalized spacial score (nSPS) is 11.0. The zero-order valence-electron chi connectivity index (χ0n) is 11.8. The van der Waals surface area contributed by atoms with Crippen LogP contribution < -0.4 is 10.5 Å². The van der Waals surface area contributed by atoms with Gasteiger partial charge >= 0.3 is 128 Å². The molecule has 1 aromatic heterocycles. The first-order valence-electron chi connectivity index (χ1n) is 6.68. The Morgan fingerprint density at radius 1 is 1.29 bits per heavy atom. The summed E-state index contributed by atoms with van der Waals surface area (Å²) in [6.07, 6.45) is 0. The number of aromatic nitrogens is 1. The van der Waals surface area contributed by atoms with Gasteiger partial charge in [0.15, 0.2) is 0 Å². The van der Waals surface area contributed by atoms with Gasteiger partial charge in [-0.25, -0.2) is 0 Å². The maximum absolute atomic E-state index is 13.9. The average Bonchev–Trinajstić information content (AvgIpc) is 2.85. The minimum absolute atomic E-state index is 0.0530. The molecule has 3 rings (SSSR count). The first kappa shape index (κ1) is 14.1. The summed E-state index contributed by atoms with van der Waals surface area (Å²) in [6, 6.07) is 9.11. The van der Waals surface area contributed by atoms with Gasteiger partial charge in [0.1, 0.15) is 0 Å². The number of ether oxygens (including phenoxy) is 1. The fourth-order valence-electron chi connectivity index (χ4n) is 2.13. The van der Waals surface area contributed by atoms with Gasteiger partial charge in [-0.05, 0) is 0 Å². The van der Waals surface area contributed by atoms with Gasteiger partial charge in [-0.15, -0.1) is 0 Å². The Morgan fingerprint density at radius 3 is 2.81 bits per heavy atom. The van der Waals surface area contributed by atoms with Gasteiger partial charge in [0.2, 0.25) is 0 Å². The summed E-state index contributed by atoms with van der Waals surface area (Å²) >= 11 is 0.0530. The van der Waals surface area contributed by atoms with E-state index in [2.05, 4.69) is 4.98 Å². The van der Waals surface area contributed by atoms with Crippen LogP contribution in [0, 0.1) is 12.7 Å². The number of anilines is 1. The maximum atomic E-state index is 13.9. The van der Waals surface area contributed by atoms with Crippen molar-refractivity contribution in [2.75, 3.05) is 12.3 Å². The van der Waals surface area contributed by atoms with Crippen LogP contribution in [0.2, 0.25) is 0 Å². The summed E-state index contributed by atoms with van der Waals surface area (Å²) < 4.78 is 21.2.